The molecule has 4 aromatic rings. The van der Waals surface area contributed by atoms with Crippen LogP contribution in [-0.2, 0) is 0 Å². The minimum atomic E-state index is 0.422. The van der Waals surface area contributed by atoms with E-state index >= 15 is 0 Å². The van der Waals surface area contributed by atoms with Gasteiger partial charge >= 0.3 is 0 Å². The van der Waals surface area contributed by atoms with Crippen LogP contribution < -0.4 is 10.5 Å². The molecule has 2 heterocycles. The average molecular weight is 398 g/mol. The van der Waals surface area contributed by atoms with E-state index in [4.69, 9.17) is 22.1 Å². The third kappa shape index (κ3) is 3.27. The highest BCUT2D eigenvalue weighted by Crippen LogP contribution is 2.32. The molecule has 0 atom stereocenters. The van der Waals surface area contributed by atoms with Crippen molar-refractivity contribution in [3.05, 3.63) is 58.4 Å². The second kappa shape index (κ2) is 7.02. The number of nitrogen functional groups attached to an aromatic ring is 1. The maximum Gasteiger partial charge on any atom is 0.165 e. The molecule has 2 aromatic heterocycles. The van der Waals surface area contributed by atoms with Crippen LogP contribution in [0.3, 0.4) is 0 Å². The van der Waals surface area contributed by atoms with Gasteiger partial charge in [0.1, 0.15) is 10.8 Å². The van der Waals surface area contributed by atoms with Gasteiger partial charge in [-0.1, -0.05) is 22.9 Å². The van der Waals surface area contributed by atoms with Gasteiger partial charge in [-0.3, -0.25) is 0 Å². The van der Waals surface area contributed by atoms with Gasteiger partial charge in [0.15, 0.2) is 11.5 Å². The van der Waals surface area contributed by atoms with Crippen molar-refractivity contribution in [2.75, 3.05) is 12.8 Å². The monoisotopic (exact) mass is 397 g/mol. The Morgan fingerprint density at radius 1 is 1.15 bits per heavy atom. The number of nitrogens with zero attached hydrogens (tertiary/aromatic N) is 4. The topological polar surface area (TPSA) is 78.9 Å². The highest BCUT2D eigenvalue weighted by atomic mass is 35.5. The van der Waals surface area contributed by atoms with Crippen LogP contribution in [0.4, 0.5) is 5.82 Å². The number of aromatic nitrogens is 4. The first-order valence-electron chi connectivity index (χ1n) is 8.15. The van der Waals surface area contributed by atoms with Crippen molar-refractivity contribution in [3.8, 4) is 33.4 Å². The van der Waals surface area contributed by atoms with E-state index in [0.29, 0.717) is 21.5 Å². The average Bonchev–Trinajstić information content (AvgIpc) is 3.31. The summed E-state index contributed by atoms with van der Waals surface area (Å²) in [5, 5.41) is 11.7. The zero-order valence-electron chi connectivity index (χ0n) is 14.7. The molecule has 2 aromatic carbocycles. The number of ether oxygens (including phenoxy) is 1. The summed E-state index contributed by atoms with van der Waals surface area (Å²) in [6.07, 6.45) is 0. The standard InChI is InChI=1S/C19H16ClN5OS/c1-11-3-6-13(9-15(11)20)25-18(21)17(23-24-25)19-22-16(10-27-19)12-4-7-14(26-2)8-5-12/h3-10H,21H2,1-2H3. The highest BCUT2D eigenvalue weighted by molar-refractivity contribution is 7.13. The number of rotatable bonds is 4. The van der Waals surface area contributed by atoms with E-state index in [1.165, 1.54) is 11.3 Å². The van der Waals surface area contributed by atoms with E-state index < -0.39 is 0 Å². The molecule has 6 nitrogen and oxygen atoms in total. The maximum atomic E-state index is 6.29. The molecule has 0 amide bonds. The third-order valence-electron chi connectivity index (χ3n) is 4.20. The first-order chi connectivity index (χ1) is 13.1. The van der Waals surface area contributed by atoms with Crippen LogP contribution in [0.25, 0.3) is 27.6 Å². The molecule has 0 bridgehead atoms. The molecular weight excluding hydrogens is 382 g/mol. The van der Waals surface area contributed by atoms with Gasteiger partial charge in [-0.2, -0.15) is 4.68 Å². The molecular formula is C19H16ClN5OS. The van der Waals surface area contributed by atoms with Crippen LogP contribution in [0.1, 0.15) is 5.56 Å². The number of nitrogens with two attached hydrogens (primary N) is 1. The molecule has 8 heteroatoms. The van der Waals surface area contributed by atoms with Crippen molar-refractivity contribution >= 4 is 28.8 Å². The van der Waals surface area contributed by atoms with Gasteiger partial charge in [0, 0.05) is 16.0 Å². The number of benzene rings is 2. The summed E-state index contributed by atoms with van der Waals surface area (Å²) in [4.78, 5) is 4.66. The maximum absolute atomic E-state index is 6.29. The van der Waals surface area contributed by atoms with Gasteiger partial charge in [0.2, 0.25) is 0 Å². The normalized spacial score (nSPS) is 10.9. The molecule has 0 unspecified atom stereocenters. The Hall–Kier alpha value is -2.90. The fourth-order valence-electron chi connectivity index (χ4n) is 2.62. The summed E-state index contributed by atoms with van der Waals surface area (Å²) in [7, 11) is 1.64. The number of hydrogen-bond acceptors (Lipinski definition) is 6. The Labute approximate surface area is 165 Å². The second-order valence-electron chi connectivity index (χ2n) is 5.93. The summed E-state index contributed by atoms with van der Waals surface area (Å²) in [6.45, 7) is 1.94. The minimum absolute atomic E-state index is 0.422. The van der Waals surface area contributed by atoms with Crippen molar-refractivity contribution < 1.29 is 4.74 Å². The highest BCUT2D eigenvalue weighted by Gasteiger charge is 2.17. The van der Waals surface area contributed by atoms with Gasteiger partial charge in [0.05, 0.1) is 18.5 Å². The van der Waals surface area contributed by atoms with E-state index in [-0.39, 0.29) is 0 Å². The zero-order valence-corrected chi connectivity index (χ0v) is 16.3. The van der Waals surface area contributed by atoms with Crippen LogP contribution in [0, 0.1) is 6.92 Å². The van der Waals surface area contributed by atoms with E-state index in [2.05, 4.69) is 15.3 Å². The molecule has 0 radical (unpaired) electrons. The molecule has 0 aliphatic heterocycles. The van der Waals surface area contributed by atoms with Crippen LogP contribution in [-0.4, -0.2) is 27.1 Å². The third-order valence-corrected chi connectivity index (χ3v) is 5.45. The summed E-state index contributed by atoms with van der Waals surface area (Å²) in [5.41, 5.74) is 10.4. The summed E-state index contributed by atoms with van der Waals surface area (Å²) in [6, 6.07) is 13.4. The summed E-state index contributed by atoms with van der Waals surface area (Å²) < 4.78 is 6.76. The lowest BCUT2D eigenvalue weighted by Crippen LogP contribution is -2.02. The predicted molar refractivity (Wildman–Crippen MR) is 109 cm³/mol. The van der Waals surface area contributed by atoms with Gasteiger partial charge in [-0.05, 0) is 48.9 Å². The fraction of sp³-hybridized carbons (Fsp3) is 0.105. The summed E-state index contributed by atoms with van der Waals surface area (Å²) >= 11 is 7.68. The Morgan fingerprint density at radius 3 is 2.63 bits per heavy atom. The van der Waals surface area contributed by atoms with Crippen molar-refractivity contribution in [2.24, 2.45) is 0 Å². The molecule has 0 saturated heterocycles. The molecule has 0 aliphatic carbocycles. The number of hydrogen-bond donors (Lipinski definition) is 1. The quantitative estimate of drug-likeness (QED) is 0.544. The Balaban J connectivity index is 1.67. The van der Waals surface area contributed by atoms with E-state index in [0.717, 1.165) is 28.3 Å². The summed E-state index contributed by atoms with van der Waals surface area (Å²) in [5.74, 6) is 1.23. The lowest BCUT2D eigenvalue weighted by molar-refractivity contribution is 0.415. The van der Waals surface area contributed by atoms with E-state index in [1.54, 1.807) is 11.8 Å². The van der Waals surface area contributed by atoms with Crippen LogP contribution in [0.5, 0.6) is 5.75 Å². The predicted octanol–water partition coefficient (Wildman–Crippen LogP) is 4.61. The van der Waals surface area contributed by atoms with Crippen LogP contribution in [0.15, 0.2) is 47.8 Å². The van der Waals surface area contributed by atoms with Crippen molar-refractivity contribution in [3.63, 3.8) is 0 Å². The van der Waals surface area contributed by atoms with Crippen molar-refractivity contribution in [1.29, 1.82) is 0 Å². The Bertz CT molecular complexity index is 1100. The number of aryl methyl sites for hydroxylation is 1. The minimum Gasteiger partial charge on any atom is -0.497 e. The Kier molecular flexibility index (Phi) is 4.55. The van der Waals surface area contributed by atoms with Crippen LogP contribution in [0.2, 0.25) is 5.02 Å². The van der Waals surface area contributed by atoms with E-state index in [9.17, 15) is 0 Å². The van der Waals surface area contributed by atoms with Gasteiger partial charge in [-0.15, -0.1) is 16.4 Å². The van der Waals surface area contributed by atoms with E-state index in [1.807, 2.05) is 54.8 Å². The smallest absolute Gasteiger partial charge is 0.165 e. The number of halogens is 1. The first kappa shape index (κ1) is 17.5. The molecule has 0 aliphatic rings. The number of methoxy groups -OCH3 is 1. The lowest BCUT2D eigenvalue weighted by atomic mass is 10.2. The molecule has 0 saturated carbocycles. The van der Waals surface area contributed by atoms with Gasteiger partial charge in [-0.25, -0.2) is 4.98 Å². The second-order valence-corrected chi connectivity index (χ2v) is 7.20. The molecule has 0 fully saturated rings. The number of anilines is 1. The molecule has 0 spiro atoms. The SMILES string of the molecule is COc1ccc(-c2csc(-c3nnn(-c4ccc(C)c(Cl)c4)c3N)n2)cc1. The first-order valence-corrected chi connectivity index (χ1v) is 9.40. The van der Waals surface area contributed by atoms with Gasteiger partial charge in [0.25, 0.3) is 0 Å². The largest absolute Gasteiger partial charge is 0.497 e. The van der Waals surface area contributed by atoms with Crippen molar-refractivity contribution in [1.82, 2.24) is 20.0 Å². The zero-order chi connectivity index (χ0) is 19.0. The van der Waals surface area contributed by atoms with Gasteiger partial charge < -0.3 is 10.5 Å². The lowest BCUT2D eigenvalue weighted by Gasteiger charge is -2.05. The van der Waals surface area contributed by atoms with Crippen LogP contribution >= 0.6 is 22.9 Å². The van der Waals surface area contributed by atoms with Crippen molar-refractivity contribution in [2.45, 2.75) is 6.92 Å². The molecule has 2 N–H and O–H groups in total. The molecule has 4 rings (SSSR count). The molecule has 27 heavy (non-hydrogen) atoms. The Morgan fingerprint density at radius 2 is 1.93 bits per heavy atom. The number of thiazole rings is 1. The molecule has 136 valence electrons. The fourth-order valence-corrected chi connectivity index (χ4v) is 3.62.